The van der Waals surface area contributed by atoms with E-state index in [4.69, 9.17) is 12.2 Å². The molecule has 2 aromatic carbocycles. The van der Waals surface area contributed by atoms with Crippen molar-refractivity contribution in [3.8, 4) is 0 Å². The lowest BCUT2D eigenvalue weighted by Gasteiger charge is -2.34. The van der Waals surface area contributed by atoms with Crippen LogP contribution in [0.25, 0.3) is 10.9 Å². The number of nitrogens with zero attached hydrogens (tertiary/aromatic N) is 3. The fourth-order valence-corrected chi connectivity index (χ4v) is 5.15. The summed E-state index contributed by atoms with van der Waals surface area (Å²) >= 11 is 6.88. The number of urea groups is 1. The first-order valence-electron chi connectivity index (χ1n) is 9.33. The molecule has 0 bridgehead atoms. The number of hydroxylamine groups is 2. The monoisotopic (exact) mass is 439 g/mol. The largest absolute Gasteiger partial charge is 0.361 e. The van der Waals surface area contributed by atoms with E-state index in [2.05, 4.69) is 15.4 Å². The highest BCUT2D eigenvalue weighted by atomic mass is 32.2. The summed E-state index contributed by atoms with van der Waals surface area (Å²) in [5.74, 6) is 0. The van der Waals surface area contributed by atoms with Gasteiger partial charge in [-0.3, -0.25) is 5.21 Å². The molecule has 1 aliphatic heterocycles. The molecule has 0 spiro atoms. The molecule has 0 aliphatic carbocycles. The molecule has 154 valence electrons. The Hall–Kier alpha value is -2.88. The summed E-state index contributed by atoms with van der Waals surface area (Å²) in [5.41, 5.74) is 2.47. The van der Waals surface area contributed by atoms with Gasteiger partial charge in [0.25, 0.3) is 0 Å². The average molecular weight is 440 g/mol. The molecule has 4 rings (SSSR count). The highest BCUT2D eigenvalue weighted by molar-refractivity contribution is 8.24. The van der Waals surface area contributed by atoms with Gasteiger partial charge in [0.1, 0.15) is 0 Å². The van der Waals surface area contributed by atoms with Crippen LogP contribution in [0.4, 0.5) is 10.5 Å². The van der Waals surface area contributed by atoms with Gasteiger partial charge in [0.05, 0.1) is 11.0 Å². The number of amides is 2. The molecule has 1 aliphatic rings. The van der Waals surface area contributed by atoms with Gasteiger partial charge in [-0.2, -0.15) is 10.2 Å². The number of carbonyl (C=O) groups is 1. The van der Waals surface area contributed by atoms with Gasteiger partial charge in [-0.15, -0.1) is 0 Å². The number of anilines is 1. The zero-order chi connectivity index (χ0) is 21.3. The third-order valence-corrected chi connectivity index (χ3v) is 6.33. The van der Waals surface area contributed by atoms with Crippen LogP contribution in [0.1, 0.15) is 19.4 Å². The second kappa shape index (κ2) is 8.10. The van der Waals surface area contributed by atoms with Crippen LogP contribution >= 0.6 is 24.0 Å². The molecular weight excluding hydrogens is 418 g/mol. The number of H-pyrrole nitrogens is 1. The molecule has 0 saturated carbocycles. The number of rotatable bonds is 4. The summed E-state index contributed by atoms with van der Waals surface area (Å²) in [6.45, 7) is 3.82. The van der Waals surface area contributed by atoms with Crippen LogP contribution in [0.15, 0.2) is 65.9 Å². The minimum Gasteiger partial charge on any atom is -0.361 e. The van der Waals surface area contributed by atoms with E-state index < -0.39 is 16.9 Å². The molecular formula is C21H21N5O2S2. The van der Waals surface area contributed by atoms with Crippen molar-refractivity contribution in [3.63, 3.8) is 0 Å². The molecule has 2 heterocycles. The van der Waals surface area contributed by atoms with Crippen molar-refractivity contribution >= 4 is 57.1 Å². The van der Waals surface area contributed by atoms with Crippen molar-refractivity contribution in [2.45, 2.75) is 24.8 Å². The number of thiocarbonyl (C=S) groups is 1. The van der Waals surface area contributed by atoms with Gasteiger partial charge in [0, 0.05) is 28.4 Å². The number of nitrogens with one attached hydrogen (secondary N) is 2. The van der Waals surface area contributed by atoms with E-state index in [0.29, 0.717) is 15.1 Å². The quantitative estimate of drug-likeness (QED) is 0.234. The van der Waals surface area contributed by atoms with Crippen molar-refractivity contribution in [2.75, 3.05) is 5.32 Å². The standard InChI is InChI=1S/C21H21N5O2S2/c1-21(2)18(26(28)19(27)24-15-8-4-3-5-9-15)25(20(29)30-21)23-13-14-12-22-17-11-7-6-10-16(14)17/h3-13,18,22,28H,1-2H3,(H,24,27)/b23-13-/t18-/m1/s1. The lowest BCUT2D eigenvalue weighted by molar-refractivity contribution is -0.114. The molecule has 0 radical (unpaired) electrons. The fourth-order valence-electron chi connectivity index (χ4n) is 3.37. The van der Waals surface area contributed by atoms with Crippen LogP contribution in [0.2, 0.25) is 0 Å². The number of aromatic nitrogens is 1. The molecule has 1 saturated heterocycles. The summed E-state index contributed by atoms with van der Waals surface area (Å²) in [5, 5.41) is 21.2. The summed E-state index contributed by atoms with van der Waals surface area (Å²) in [6.07, 6.45) is 2.77. The molecule has 3 N–H and O–H groups in total. The van der Waals surface area contributed by atoms with E-state index in [1.54, 1.807) is 30.5 Å². The Morgan fingerprint density at radius 3 is 2.73 bits per heavy atom. The van der Waals surface area contributed by atoms with Crippen LogP contribution in [-0.2, 0) is 0 Å². The maximum Gasteiger partial charge on any atom is 0.347 e. The molecule has 7 nitrogen and oxygen atoms in total. The Bertz CT molecular complexity index is 1110. The zero-order valence-electron chi connectivity index (χ0n) is 16.4. The van der Waals surface area contributed by atoms with Crippen LogP contribution in [-0.4, -0.2) is 47.7 Å². The van der Waals surface area contributed by atoms with Crippen LogP contribution in [0.5, 0.6) is 0 Å². The normalized spacial score (nSPS) is 18.3. The Balaban J connectivity index is 1.59. The minimum atomic E-state index is -0.778. The van der Waals surface area contributed by atoms with E-state index in [1.165, 1.54) is 16.8 Å². The Labute approximate surface area is 183 Å². The third kappa shape index (κ3) is 3.91. The predicted octanol–water partition coefficient (Wildman–Crippen LogP) is 4.86. The lowest BCUT2D eigenvalue weighted by atomic mass is 10.1. The number of aromatic amines is 1. The third-order valence-electron chi connectivity index (χ3n) is 4.80. The van der Waals surface area contributed by atoms with Crippen LogP contribution in [0.3, 0.4) is 0 Å². The molecule has 1 fully saturated rings. The molecule has 3 aromatic rings. The maximum absolute atomic E-state index is 12.7. The molecule has 2 amide bonds. The number of benzene rings is 2. The molecule has 0 unspecified atom stereocenters. The highest BCUT2D eigenvalue weighted by Gasteiger charge is 2.50. The zero-order valence-corrected chi connectivity index (χ0v) is 18.1. The first kappa shape index (κ1) is 20.4. The van der Waals surface area contributed by atoms with Crippen LogP contribution in [0, 0.1) is 0 Å². The van der Waals surface area contributed by atoms with E-state index in [0.717, 1.165) is 16.5 Å². The SMILES string of the molecule is CC1(C)SC(=S)N(/N=C\c2c[nH]c3ccccc23)[C@@H]1N(O)C(=O)Nc1ccccc1. The van der Waals surface area contributed by atoms with Gasteiger partial charge in [0.2, 0.25) is 0 Å². The van der Waals surface area contributed by atoms with Gasteiger partial charge >= 0.3 is 6.03 Å². The first-order valence-corrected chi connectivity index (χ1v) is 10.6. The van der Waals surface area contributed by atoms with E-state index >= 15 is 0 Å². The minimum absolute atomic E-state index is 0.479. The number of hydrazone groups is 1. The highest BCUT2D eigenvalue weighted by Crippen LogP contribution is 2.42. The van der Waals surface area contributed by atoms with Gasteiger partial charge in [-0.25, -0.2) is 9.80 Å². The van der Waals surface area contributed by atoms with Crippen molar-refractivity contribution in [3.05, 3.63) is 66.4 Å². The molecule has 9 heteroatoms. The number of para-hydroxylation sites is 2. The van der Waals surface area contributed by atoms with Crippen molar-refractivity contribution < 1.29 is 10.0 Å². The smallest absolute Gasteiger partial charge is 0.347 e. The summed E-state index contributed by atoms with van der Waals surface area (Å²) in [6, 6.07) is 16.2. The number of hydrogen-bond acceptors (Lipinski definition) is 5. The van der Waals surface area contributed by atoms with Gasteiger partial charge in [-0.05, 0) is 32.0 Å². The number of hydrogen-bond donors (Lipinski definition) is 3. The lowest BCUT2D eigenvalue weighted by Crippen LogP contribution is -2.54. The predicted molar refractivity (Wildman–Crippen MR) is 125 cm³/mol. The second-order valence-corrected chi connectivity index (χ2v) is 9.65. The van der Waals surface area contributed by atoms with Crippen molar-refractivity contribution in [2.24, 2.45) is 5.10 Å². The summed E-state index contributed by atoms with van der Waals surface area (Å²) < 4.78 is -0.0927. The van der Waals surface area contributed by atoms with E-state index in [9.17, 15) is 10.0 Å². The molecule has 1 aromatic heterocycles. The Morgan fingerprint density at radius 1 is 1.27 bits per heavy atom. The van der Waals surface area contributed by atoms with Gasteiger partial charge in [-0.1, -0.05) is 60.4 Å². The molecule has 1 atom stereocenters. The first-order chi connectivity index (χ1) is 14.4. The summed E-state index contributed by atoms with van der Waals surface area (Å²) in [4.78, 5) is 15.9. The average Bonchev–Trinajstić information content (AvgIpc) is 3.23. The Morgan fingerprint density at radius 2 is 1.97 bits per heavy atom. The topological polar surface area (TPSA) is 84.0 Å². The van der Waals surface area contributed by atoms with Crippen molar-refractivity contribution in [1.29, 1.82) is 0 Å². The van der Waals surface area contributed by atoms with E-state index in [-0.39, 0.29) is 0 Å². The second-order valence-electron chi connectivity index (χ2n) is 7.36. The maximum atomic E-state index is 12.7. The molecule has 30 heavy (non-hydrogen) atoms. The number of thioether (sulfide) groups is 1. The van der Waals surface area contributed by atoms with Gasteiger partial charge < -0.3 is 10.3 Å². The number of carbonyl (C=O) groups excluding carboxylic acids is 1. The van der Waals surface area contributed by atoms with Crippen LogP contribution < -0.4 is 5.32 Å². The Kier molecular flexibility index (Phi) is 5.50. The van der Waals surface area contributed by atoms with E-state index in [1.807, 2.05) is 50.4 Å². The fraction of sp³-hybridized carbons (Fsp3) is 0.190. The number of fused-ring (bicyclic) bond motifs is 1. The summed E-state index contributed by atoms with van der Waals surface area (Å²) in [7, 11) is 0. The van der Waals surface area contributed by atoms with Gasteiger partial charge in [0.15, 0.2) is 10.5 Å². The van der Waals surface area contributed by atoms with Crippen molar-refractivity contribution in [1.82, 2.24) is 15.1 Å².